The van der Waals surface area contributed by atoms with Crippen LogP contribution < -0.4 is 5.56 Å². The van der Waals surface area contributed by atoms with Gasteiger partial charge in [-0.25, -0.2) is 0 Å². The maximum absolute atomic E-state index is 13.2. The van der Waals surface area contributed by atoms with E-state index in [1.165, 1.54) is 4.90 Å². The summed E-state index contributed by atoms with van der Waals surface area (Å²) in [7, 11) is 3.31. The van der Waals surface area contributed by atoms with Crippen LogP contribution in [0.1, 0.15) is 60.6 Å². The highest BCUT2D eigenvalue weighted by molar-refractivity contribution is 5.95. The number of fused-ring (bicyclic) bond motifs is 1. The van der Waals surface area contributed by atoms with Gasteiger partial charge in [0.15, 0.2) is 0 Å². The maximum Gasteiger partial charge on any atom is 0.263 e. The van der Waals surface area contributed by atoms with E-state index in [0.29, 0.717) is 38.5 Å². The first-order chi connectivity index (χ1) is 14.7. The number of hydrogen-bond donors (Lipinski definition) is 0. The minimum atomic E-state index is -0.315. The summed E-state index contributed by atoms with van der Waals surface area (Å²) in [6.07, 6.45) is 4.47. The van der Waals surface area contributed by atoms with Crippen LogP contribution in [0.4, 0.5) is 0 Å². The van der Waals surface area contributed by atoms with Crippen molar-refractivity contribution in [2.45, 2.75) is 52.1 Å². The number of carbonyl (C=O) groups excluding carboxylic acids is 3. The lowest BCUT2D eigenvalue weighted by atomic mass is 9.94. The van der Waals surface area contributed by atoms with Gasteiger partial charge in [-0.2, -0.15) is 0 Å². The second-order valence-corrected chi connectivity index (χ2v) is 9.75. The average molecular weight is 429 g/mol. The van der Waals surface area contributed by atoms with E-state index in [0.717, 1.165) is 24.0 Å². The van der Waals surface area contributed by atoms with Crippen LogP contribution in [0, 0.1) is 11.8 Å². The third kappa shape index (κ3) is 4.12. The van der Waals surface area contributed by atoms with Crippen LogP contribution in [0.2, 0.25) is 0 Å². The SMILES string of the molecule is CC(C)CN1CC(C(=O)N2CCc3c(cn(C4CC4)c(=O)c3C(=O)N(C)C)C2)CC1=O. The molecule has 3 amide bonds. The molecule has 0 aromatic carbocycles. The van der Waals surface area contributed by atoms with Crippen molar-refractivity contribution in [1.82, 2.24) is 19.3 Å². The van der Waals surface area contributed by atoms with Crippen LogP contribution >= 0.6 is 0 Å². The number of likely N-dealkylation sites (tertiary alicyclic amines) is 1. The molecule has 31 heavy (non-hydrogen) atoms. The van der Waals surface area contributed by atoms with Crippen molar-refractivity contribution in [3.05, 3.63) is 33.2 Å². The molecule has 168 valence electrons. The molecule has 2 aliphatic heterocycles. The zero-order valence-electron chi connectivity index (χ0n) is 18.9. The fourth-order valence-corrected chi connectivity index (χ4v) is 4.75. The van der Waals surface area contributed by atoms with E-state index in [2.05, 4.69) is 13.8 Å². The van der Waals surface area contributed by atoms with Crippen LogP contribution in [0.3, 0.4) is 0 Å². The first-order valence-electron chi connectivity index (χ1n) is 11.2. The van der Waals surface area contributed by atoms with Gasteiger partial charge in [-0.15, -0.1) is 0 Å². The first kappa shape index (κ1) is 21.6. The Hall–Kier alpha value is -2.64. The molecule has 0 radical (unpaired) electrons. The number of amides is 3. The lowest BCUT2D eigenvalue weighted by molar-refractivity contribution is -0.136. The van der Waals surface area contributed by atoms with Crippen molar-refractivity contribution >= 4 is 17.7 Å². The van der Waals surface area contributed by atoms with Gasteiger partial charge in [0, 0.05) is 58.9 Å². The normalized spacial score (nSPS) is 20.9. The average Bonchev–Trinajstić information content (AvgIpc) is 3.49. The van der Waals surface area contributed by atoms with E-state index in [9.17, 15) is 19.2 Å². The Morgan fingerprint density at radius 2 is 1.90 bits per heavy atom. The molecule has 1 unspecified atom stereocenters. The Balaban J connectivity index is 1.59. The van der Waals surface area contributed by atoms with Crippen molar-refractivity contribution in [2.24, 2.45) is 11.8 Å². The van der Waals surface area contributed by atoms with Gasteiger partial charge in [-0.1, -0.05) is 13.8 Å². The molecule has 4 rings (SSSR count). The molecule has 3 aliphatic rings. The second kappa shape index (κ2) is 8.13. The molecule has 8 nitrogen and oxygen atoms in total. The highest BCUT2D eigenvalue weighted by atomic mass is 16.2. The molecular weight excluding hydrogens is 396 g/mol. The van der Waals surface area contributed by atoms with Crippen molar-refractivity contribution in [2.75, 3.05) is 33.7 Å². The molecule has 1 aliphatic carbocycles. The van der Waals surface area contributed by atoms with Crippen LogP contribution in [0.15, 0.2) is 11.0 Å². The van der Waals surface area contributed by atoms with E-state index >= 15 is 0 Å². The molecule has 1 aromatic rings. The maximum atomic E-state index is 13.2. The Kier molecular flexibility index (Phi) is 5.66. The van der Waals surface area contributed by atoms with Gasteiger partial charge in [0.2, 0.25) is 11.8 Å². The third-order valence-electron chi connectivity index (χ3n) is 6.45. The molecule has 1 saturated heterocycles. The molecule has 1 aromatic heterocycles. The standard InChI is InChI=1S/C23H32N4O4/c1-14(2)10-26-11-15(9-19(26)28)21(29)25-8-7-18-16(12-25)13-27(17-5-6-17)23(31)20(18)22(30)24(3)4/h13-15,17H,5-12H2,1-4H3. The third-order valence-corrected chi connectivity index (χ3v) is 6.45. The largest absolute Gasteiger partial charge is 0.345 e. The van der Waals surface area contributed by atoms with Crippen molar-refractivity contribution in [3.63, 3.8) is 0 Å². The molecular formula is C23H32N4O4. The van der Waals surface area contributed by atoms with E-state index in [1.807, 2.05) is 6.20 Å². The Morgan fingerprint density at radius 3 is 2.52 bits per heavy atom. The highest BCUT2D eigenvalue weighted by Crippen LogP contribution is 2.35. The van der Waals surface area contributed by atoms with Gasteiger partial charge in [0.1, 0.15) is 5.56 Å². The predicted molar refractivity (Wildman–Crippen MR) is 116 cm³/mol. The zero-order valence-corrected chi connectivity index (χ0v) is 18.9. The zero-order chi connectivity index (χ0) is 22.4. The lowest BCUT2D eigenvalue weighted by Crippen LogP contribution is -2.43. The summed E-state index contributed by atoms with van der Waals surface area (Å²) in [5, 5.41) is 0. The number of carbonyl (C=O) groups is 3. The molecule has 0 N–H and O–H groups in total. The Morgan fingerprint density at radius 1 is 1.19 bits per heavy atom. The summed E-state index contributed by atoms with van der Waals surface area (Å²) < 4.78 is 1.69. The quantitative estimate of drug-likeness (QED) is 0.707. The molecule has 1 saturated carbocycles. The summed E-state index contributed by atoms with van der Waals surface area (Å²) in [6.45, 7) is 6.12. The molecule has 0 spiro atoms. The summed E-state index contributed by atoms with van der Waals surface area (Å²) in [5.41, 5.74) is 1.68. The lowest BCUT2D eigenvalue weighted by Gasteiger charge is -2.32. The summed E-state index contributed by atoms with van der Waals surface area (Å²) >= 11 is 0. The van der Waals surface area contributed by atoms with Crippen molar-refractivity contribution < 1.29 is 14.4 Å². The van der Waals surface area contributed by atoms with Crippen LogP contribution in [0.5, 0.6) is 0 Å². The predicted octanol–water partition coefficient (Wildman–Crippen LogP) is 1.27. The van der Waals surface area contributed by atoms with Gasteiger partial charge in [0.05, 0.1) is 5.92 Å². The summed E-state index contributed by atoms with van der Waals surface area (Å²) in [6, 6.07) is 0.148. The van der Waals surface area contributed by atoms with Gasteiger partial charge in [-0.3, -0.25) is 19.2 Å². The summed E-state index contributed by atoms with van der Waals surface area (Å²) in [4.78, 5) is 56.4. The minimum absolute atomic E-state index is 0.00471. The second-order valence-electron chi connectivity index (χ2n) is 9.75. The van der Waals surface area contributed by atoms with E-state index in [4.69, 9.17) is 0 Å². The Bertz CT molecular complexity index is 977. The highest BCUT2D eigenvalue weighted by Gasteiger charge is 2.38. The fraction of sp³-hybridized carbons (Fsp3) is 0.652. The van der Waals surface area contributed by atoms with E-state index in [1.54, 1.807) is 28.5 Å². The summed E-state index contributed by atoms with van der Waals surface area (Å²) in [5.74, 6) is -0.181. The number of hydrogen-bond acceptors (Lipinski definition) is 4. The van der Waals surface area contributed by atoms with Gasteiger partial charge >= 0.3 is 0 Å². The molecule has 2 fully saturated rings. The smallest absolute Gasteiger partial charge is 0.263 e. The van der Waals surface area contributed by atoms with Crippen LogP contribution in [0.25, 0.3) is 0 Å². The van der Waals surface area contributed by atoms with E-state index in [-0.39, 0.29) is 47.2 Å². The molecule has 3 heterocycles. The number of pyridine rings is 1. The number of nitrogens with zero attached hydrogens (tertiary/aromatic N) is 4. The van der Waals surface area contributed by atoms with Crippen molar-refractivity contribution in [3.8, 4) is 0 Å². The minimum Gasteiger partial charge on any atom is -0.345 e. The van der Waals surface area contributed by atoms with E-state index < -0.39 is 0 Å². The number of rotatable bonds is 5. The number of aromatic nitrogens is 1. The first-order valence-corrected chi connectivity index (χ1v) is 11.2. The van der Waals surface area contributed by atoms with Gasteiger partial charge < -0.3 is 19.3 Å². The van der Waals surface area contributed by atoms with Gasteiger partial charge in [0.25, 0.3) is 11.5 Å². The van der Waals surface area contributed by atoms with Gasteiger partial charge in [-0.05, 0) is 36.3 Å². The van der Waals surface area contributed by atoms with Crippen LogP contribution in [-0.2, 0) is 22.6 Å². The molecule has 0 bridgehead atoms. The Labute approximate surface area is 182 Å². The van der Waals surface area contributed by atoms with Crippen LogP contribution in [-0.4, -0.2) is 70.7 Å². The molecule has 8 heteroatoms. The fourth-order valence-electron chi connectivity index (χ4n) is 4.75. The monoisotopic (exact) mass is 428 g/mol. The topological polar surface area (TPSA) is 82.9 Å². The molecule has 1 atom stereocenters. The van der Waals surface area contributed by atoms with Crippen molar-refractivity contribution in [1.29, 1.82) is 0 Å².